The van der Waals surface area contributed by atoms with Crippen LogP contribution in [0.2, 0.25) is 0 Å². The summed E-state index contributed by atoms with van der Waals surface area (Å²) < 4.78 is 0. The summed E-state index contributed by atoms with van der Waals surface area (Å²) in [7, 11) is 0. The fourth-order valence-corrected chi connectivity index (χ4v) is 3.12. The average Bonchev–Trinajstić information content (AvgIpc) is 2.28. The second-order valence-corrected chi connectivity index (χ2v) is 6.83. The number of rotatable bonds is 7. The smallest absolute Gasteiger partial charge is 0.00940 e. The molecule has 1 fully saturated rings. The molecule has 2 nitrogen and oxygen atoms in total. The molecule has 0 aromatic heterocycles. The van der Waals surface area contributed by atoms with Crippen molar-refractivity contribution in [3.8, 4) is 0 Å². The van der Waals surface area contributed by atoms with E-state index in [1.165, 1.54) is 45.3 Å². The standard InChI is InChI=1S/C16H34N2/c1-6-18-9-7-15(8-10-18)17-16(11-13(2)3)12-14(4)5/h13-17H,6-12H2,1-5H3. The van der Waals surface area contributed by atoms with Crippen molar-refractivity contribution in [3.63, 3.8) is 0 Å². The molecule has 18 heavy (non-hydrogen) atoms. The predicted octanol–water partition coefficient (Wildman–Crippen LogP) is 3.52. The van der Waals surface area contributed by atoms with Crippen LogP contribution in [-0.2, 0) is 0 Å². The predicted molar refractivity (Wildman–Crippen MR) is 81.0 cm³/mol. The van der Waals surface area contributed by atoms with E-state index in [0.717, 1.165) is 23.9 Å². The fourth-order valence-electron chi connectivity index (χ4n) is 3.12. The molecule has 1 heterocycles. The monoisotopic (exact) mass is 254 g/mol. The minimum Gasteiger partial charge on any atom is -0.311 e. The summed E-state index contributed by atoms with van der Waals surface area (Å²) in [6, 6.07) is 1.48. The van der Waals surface area contributed by atoms with E-state index < -0.39 is 0 Å². The van der Waals surface area contributed by atoms with Gasteiger partial charge in [0.15, 0.2) is 0 Å². The van der Waals surface area contributed by atoms with Crippen LogP contribution in [0.3, 0.4) is 0 Å². The normalized spacial score (nSPS) is 19.3. The molecule has 0 radical (unpaired) electrons. The highest BCUT2D eigenvalue weighted by Gasteiger charge is 2.21. The summed E-state index contributed by atoms with van der Waals surface area (Å²) in [5, 5.41) is 3.94. The molecule has 0 spiro atoms. The van der Waals surface area contributed by atoms with Crippen LogP contribution < -0.4 is 5.32 Å². The van der Waals surface area contributed by atoms with Gasteiger partial charge in [0.25, 0.3) is 0 Å². The number of hydrogen-bond acceptors (Lipinski definition) is 2. The molecular formula is C16H34N2. The zero-order valence-corrected chi connectivity index (χ0v) is 13.2. The van der Waals surface area contributed by atoms with E-state index in [2.05, 4.69) is 44.8 Å². The van der Waals surface area contributed by atoms with Gasteiger partial charge in [-0.2, -0.15) is 0 Å². The Morgan fingerprint density at radius 2 is 1.50 bits per heavy atom. The van der Waals surface area contributed by atoms with Crippen molar-refractivity contribution in [3.05, 3.63) is 0 Å². The van der Waals surface area contributed by atoms with Crippen molar-refractivity contribution < 1.29 is 0 Å². The van der Waals surface area contributed by atoms with Crippen LogP contribution in [0.4, 0.5) is 0 Å². The van der Waals surface area contributed by atoms with Crippen LogP contribution in [0, 0.1) is 11.8 Å². The van der Waals surface area contributed by atoms with E-state index in [0.29, 0.717) is 0 Å². The van der Waals surface area contributed by atoms with Crippen molar-refractivity contribution in [2.24, 2.45) is 11.8 Å². The first-order valence-electron chi connectivity index (χ1n) is 7.99. The van der Waals surface area contributed by atoms with Crippen molar-refractivity contribution >= 4 is 0 Å². The van der Waals surface area contributed by atoms with Crippen LogP contribution in [0.1, 0.15) is 60.3 Å². The lowest BCUT2D eigenvalue weighted by molar-refractivity contribution is 0.190. The van der Waals surface area contributed by atoms with Crippen LogP contribution in [0.5, 0.6) is 0 Å². The molecule has 0 amide bonds. The lowest BCUT2D eigenvalue weighted by Gasteiger charge is -2.35. The maximum atomic E-state index is 3.94. The molecular weight excluding hydrogens is 220 g/mol. The van der Waals surface area contributed by atoms with Crippen LogP contribution in [0.25, 0.3) is 0 Å². The van der Waals surface area contributed by atoms with E-state index >= 15 is 0 Å². The number of piperidine rings is 1. The van der Waals surface area contributed by atoms with Crippen molar-refractivity contribution in [1.29, 1.82) is 0 Å². The Balaban J connectivity index is 2.36. The molecule has 1 N–H and O–H groups in total. The van der Waals surface area contributed by atoms with Crippen LogP contribution in [-0.4, -0.2) is 36.6 Å². The first-order valence-corrected chi connectivity index (χ1v) is 7.99. The van der Waals surface area contributed by atoms with Crippen molar-refractivity contribution in [2.75, 3.05) is 19.6 Å². The van der Waals surface area contributed by atoms with Gasteiger partial charge >= 0.3 is 0 Å². The molecule has 0 saturated carbocycles. The van der Waals surface area contributed by atoms with Gasteiger partial charge in [-0.05, 0) is 57.2 Å². The minimum atomic E-state index is 0.725. The average molecular weight is 254 g/mol. The zero-order valence-electron chi connectivity index (χ0n) is 13.2. The maximum Gasteiger partial charge on any atom is 0.00940 e. The molecule has 2 heteroatoms. The molecule has 0 atom stereocenters. The van der Waals surface area contributed by atoms with Gasteiger partial charge in [-0.15, -0.1) is 0 Å². The fraction of sp³-hybridized carbons (Fsp3) is 1.00. The highest BCUT2D eigenvalue weighted by atomic mass is 15.1. The second kappa shape index (κ2) is 8.16. The number of likely N-dealkylation sites (tertiary alicyclic amines) is 1. The molecule has 1 aliphatic rings. The van der Waals surface area contributed by atoms with E-state index in [1.54, 1.807) is 0 Å². The number of nitrogens with one attached hydrogen (secondary N) is 1. The third-order valence-corrected chi connectivity index (χ3v) is 4.02. The molecule has 0 aliphatic carbocycles. The molecule has 1 aliphatic heterocycles. The van der Waals surface area contributed by atoms with Gasteiger partial charge < -0.3 is 10.2 Å². The number of hydrogen-bond donors (Lipinski definition) is 1. The van der Waals surface area contributed by atoms with Gasteiger partial charge in [-0.1, -0.05) is 34.6 Å². The molecule has 0 unspecified atom stereocenters. The van der Waals surface area contributed by atoms with Crippen molar-refractivity contribution in [2.45, 2.75) is 72.4 Å². The summed E-state index contributed by atoms with van der Waals surface area (Å²) in [5.41, 5.74) is 0. The quantitative estimate of drug-likeness (QED) is 0.748. The van der Waals surface area contributed by atoms with Crippen LogP contribution in [0.15, 0.2) is 0 Å². The third kappa shape index (κ3) is 6.19. The highest BCUT2D eigenvalue weighted by molar-refractivity contribution is 4.81. The number of nitrogens with zero attached hydrogens (tertiary/aromatic N) is 1. The largest absolute Gasteiger partial charge is 0.311 e. The summed E-state index contributed by atoms with van der Waals surface area (Å²) >= 11 is 0. The molecule has 0 aromatic carbocycles. The maximum absolute atomic E-state index is 3.94. The lowest BCUT2D eigenvalue weighted by Crippen LogP contribution is -2.46. The second-order valence-electron chi connectivity index (χ2n) is 6.83. The van der Waals surface area contributed by atoms with Gasteiger partial charge in [-0.25, -0.2) is 0 Å². The SMILES string of the molecule is CCN1CCC(NC(CC(C)C)CC(C)C)CC1. The topological polar surface area (TPSA) is 15.3 Å². The van der Waals surface area contributed by atoms with E-state index in [9.17, 15) is 0 Å². The summed E-state index contributed by atoms with van der Waals surface area (Å²) in [6.07, 6.45) is 5.32. The molecule has 0 bridgehead atoms. The highest BCUT2D eigenvalue weighted by Crippen LogP contribution is 2.17. The Kier molecular flexibility index (Phi) is 7.25. The van der Waals surface area contributed by atoms with E-state index in [1.807, 2.05) is 0 Å². The van der Waals surface area contributed by atoms with E-state index in [-0.39, 0.29) is 0 Å². The molecule has 1 rings (SSSR count). The molecule has 1 saturated heterocycles. The van der Waals surface area contributed by atoms with Gasteiger partial charge in [0.05, 0.1) is 0 Å². The Hall–Kier alpha value is -0.0800. The summed E-state index contributed by atoms with van der Waals surface area (Å²) in [5.74, 6) is 1.61. The minimum absolute atomic E-state index is 0.725. The lowest BCUT2D eigenvalue weighted by atomic mass is 9.93. The molecule has 0 aromatic rings. The first kappa shape index (κ1) is 16.0. The van der Waals surface area contributed by atoms with Crippen molar-refractivity contribution in [1.82, 2.24) is 10.2 Å². The Morgan fingerprint density at radius 3 is 1.89 bits per heavy atom. The first-order chi connectivity index (χ1) is 8.51. The third-order valence-electron chi connectivity index (χ3n) is 4.02. The Bertz CT molecular complexity index is 195. The van der Waals surface area contributed by atoms with Crippen LogP contribution >= 0.6 is 0 Å². The van der Waals surface area contributed by atoms with Gasteiger partial charge in [0.2, 0.25) is 0 Å². The zero-order chi connectivity index (χ0) is 13.5. The van der Waals surface area contributed by atoms with E-state index in [4.69, 9.17) is 0 Å². The Morgan fingerprint density at radius 1 is 1.00 bits per heavy atom. The Labute approximate surface area is 115 Å². The summed E-state index contributed by atoms with van der Waals surface area (Å²) in [4.78, 5) is 2.57. The van der Waals surface area contributed by atoms with Gasteiger partial charge in [-0.3, -0.25) is 0 Å². The van der Waals surface area contributed by atoms with Gasteiger partial charge in [0.1, 0.15) is 0 Å². The molecule has 108 valence electrons. The summed E-state index contributed by atoms with van der Waals surface area (Å²) in [6.45, 7) is 15.4. The van der Waals surface area contributed by atoms with Gasteiger partial charge in [0, 0.05) is 12.1 Å².